The summed E-state index contributed by atoms with van der Waals surface area (Å²) in [6, 6.07) is 5.49. The summed E-state index contributed by atoms with van der Waals surface area (Å²) in [5.41, 5.74) is 2.39. The highest BCUT2D eigenvalue weighted by atomic mass is 16.5. The molecule has 1 saturated heterocycles. The van der Waals surface area contributed by atoms with Gasteiger partial charge in [0, 0.05) is 30.8 Å². The predicted octanol–water partition coefficient (Wildman–Crippen LogP) is 2.66. The molecule has 4 atom stereocenters. The van der Waals surface area contributed by atoms with Gasteiger partial charge in [-0.1, -0.05) is 6.07 Å². The molecule has 3 heterocycles. The van der Waals surface area contributed by atoms with Crippen molar-refractivity contribution in [3.05, 3.63) is 52.3 Å². The molecule has 2 N–H and O–H groups in total. The topological polar surface area (TPSA) is 92.1 Å². The van der Waals surface area contributed by atoms with Gasteiger partial charge in [0.15, 0.2) is 17.6 Å². The molecule has 172 valence electrons. The molecule has 7 nitrogen and oxygen atoms in total. The van der Waals surface area contributed by atoms with Gasteiger partial charge < -0.3 is 19.7 Å². The summed E-state index contributed by atoms with van der Waals surface area (Å²) < 4.78 is 11.7. The zero-order valence-corrected chi connectivity index (χ0v) is 18.7. The summed E-state index contributed by atoms with van der Waals surface area (Å²) in [5, 5.41) is 23.3. The molecule has 0 amide bonds. The average Bonchev–Trinajstić information content (AvgIpc) is 3.53. The molecule has 1 aromatic carbocycles. The molecule has 0 unspecified atom stereocenters. The van der Waals surface area contributed by atoms with Crippen LogP contribution in [0.4, 0.5) is 0 Å². The minimum atomic E-state index is -1.07. The molecule has 2 bridgehead atoms. The van der Waals surface area contributed by atoms with Crippen LogP contribution in [0, 0.1) is 5.92 Å². The highest BCUT2D eigenvalue weighted by molar-refractivity contribution is 5.89. The van der Waals surface area contributed by atoms with E-state index >= 15 is 0 Å². The number of nitrogens with zero attached hydrogens (tertiary/aromatic N) is 2. The average molecular weight is 449 g/mol. The van der Waals surface area contributed by atoms with E-state index in [1.165, 1.54) is 12.8 Å². The maximum Gasteiger partial charge on any atom is 0.339 e. The number of phenols is 1. The lowest BCUT2D eigenvalue weighted by atomic mass is 9.49. The summed E-state index contributed by atoms with van der Waals surface area (Å²) in [6.45, 7) is 3.99. The third-order valence-electron chi connectivity index (χ3n) is 8.73. The number of esters is 1. The predicted molar refractivity (Wildman–Crippen MR) is 118 cm³/mol. The fourth-order valence-electron chi connectivity index (χ4n) is 7.17. The normalized spacial score (nSPS) is 33.2. The number of ether oxygens (including phenoxy) is 2. The molecule has 1 saturated carbocycles. The van der Waals surface area contributed by atoms with E-state index in [0.717, 1.165) is 54.2 Å². The second-order valence-electron chi connectivity index (χ2n) is 10.4. The van der Waals surface area contributed by atoms with Crippen molar-refractivity contribution in [2.45, 2.75) is 62.2 Å². The molecule has 7 rings (SSSR count). The van der Waals surface area contributed by atoms with Crippen LogP contribution >= 0.6 is 0 Å². The van der Waals surface area contributed by atoms with E-state index < -0.39 is 23.1 Å². The van der Waals surface area contributed by atoms with Crippen LogP contribution in [0.15, 0.2) is 24.4 Å². The smallest absolute Gasteiger partial charge is 0.339 e. The van der Waals surface area contributed by atoms with Crippen LogP contribution in [-0.4, -0.2) is 57.4 Å². The zero-order valence-electron chi connectivity index (χ0n) is 18.7. The summed E-state index contributed by atoms with van der Waals surface area (Å²) in [6.07, 6.45) is 5.48. The van der Waals surface area contributed by atoms with Crippen molar-refractivity contribution in [2.75, 3.05) is 19.7 Å². The Bertz CT molecular complexity index is 1190. The molecular weight excluding hydrogens is 420 g/mol. The van der Waals surface area contributed by atoms with Crippen LogP contribution in [0.5, 0.6) is 11.5 Å². The lowest BCUT2D eigenvalue weighted by Gasteiger charge is -2.62. The number of benzene rings is 1. The van der Waals surface area contributed by atoms with Crippen molar-refractivity contribution in [2.24, 2.45) is 5.92 Å². The molecule has 7 heteroatoms. The molecule has 2 aromatic rings. The van der Waals surface area contributed by atoms with Crippen LogP contribution in [-0.2, 0) is 23.0 Å². The minimum Gasteiger partial charge on any atom is -0.504 e. The zero-order chi connectivity index (χ0) is 22.5. The van der Waals surface area contributed by atoms with Gasteiger partial charge in [-0.15, -0.1) is 0 Å². The van der Waals surface area contributed by atoms with Gasteiger partial charge in [0.2, 0.25) is 0 Å². The summed E-state index contributed by atoms with van der Waals surface area (Å²) in [5.74, 6) is 0.926. The number of piperidine rings is 1. The van der Waals surface area contributed by atoms with Gasteiger partial charge in [-0.05, 0) is 68.3 Å². The van der Waals surface area contributed by atoms with Gasteiger partial charge in [0.1, 0.15) is 0 Å². The SMILES string of the molecule is CCOC(=O)c1cnc2c(c1)C[C@@]1(O)[C@H]3Cc4ccc(O)c5c4[C@@]1(CCN3CC1CC1)[C@H]2O5. The summed E-state index contributed by atoms with van der Waals surface area (Å²) >= 11 is 0. The number of aromatic hydroxyl groups is 1. The van der Waals surface area contributed by atoms with Crippen molar-refractivity contribution in [1.82, 2.24) is 9.88 Å². The number of carbonyl (C=O) groups excluding carboxylic acids is 1. The number of hydrogen-bond donors (Lipinski definition) is 2. The minimum absolute atomic E-state index is 0.0413. The first-order chi connectivity index (χ1) is 16.0. The third-order valence-corrected chi connectivity index (χ3v) is 8.73. The number of pyridine rings is 1. The number of aromatic nitrogens is 1. The lowest BCUT2D eigenvalue weighted by molar-refractivity contribution is -0.173. The van der Waals surface area contributed by atoms with Gasteiger partial charge in [-0.25, -0.2) is 4.79 Å². The molecule has 2 aliphatic heterocycles. The third kappa shape index (κ3) is 2.42. The van der Waals surface area contributed by atoms with E-state index in [9.17, 15) is 15.0 Å². The van der Waals surface area contributed by atoms with E-state index in [-0.39, 0.29) is 11.8 Å². The fraction of sp³-hybridized carbons (Fsp3) is 0.538. The number of likely N-dealkylation sites (tertiary alicyclic amines) is 1. The fourth-order valence-corrected chi connectivity index (χ4v) is 7.17. The van der Waals surface area contributed by atoms with Gasteiger partial charge in [-0.3, -0.25) is 9.88 Å². The Labute approximate surface area is 192 Å². The van der Waals surface area contributed by atoms with Gasteiger partial charge in [0.05, 0.1) is 28.9 Å². The quantitative estimate of drug-likeness (QED) is 0.695. The number of hydrogen-bond acceptors (Lipinski definition) is 7. The van der Waals surface area contributed by atoms with Crippen LogP contribution in [0.25, 0.3) is 0 Å². The molecule has 3 aliphatic carbocycles. The van der Waals surface area contributed by atoms with E-state index in [1.807, 2.05) is 12.1 Å². The maximum absolute atomic E-state index is 12.6. The monoisotopic (exact) mass is 448 g/mol. The number of phenolic OH excluding ortho intramolecular Hbond substituents is 1. The van der Waals surface area contributed by atoms with Crippen molar-refractivity contribution < 1.29 is 24.5 Å². The van der Waals surface area contributed by atoms with Crippen molar-refractivity contribution in [3.8, 4) is 11.5 Å². The van der Waals surface area contributed by atoms with Crippen LogP contribution in [0.1, 0.15) is 65.0 Å². The lowest BCUT2D eigenvalue weighted by Crippen LogP contribution is -2.74. The van der Waals surface area contributed by atoms with E-state index in [0.29, 0.717) is 24.3 Å². The highest BCUT2D eigenvalue weighted by Crippen LogP contribution is 2.68. The van der Waals surface area contributed by atoms with Crippen LogP contribution in [0.2, 0.25) is 0 Å². The molecule has 1 spiro atoms. The second kappa shape index (κ2) is 6.48. The van der Waals surface area contributed by atoms with E-state index in [2.05, 4.69) is 9.88 Å². The van der Waals surface area contributed by atoms with Crippen LogP contribution in [0.3, 0.4) is 0 Å². The van der Waals surface area contributed by atoms with E-state index in [4.69, 9.17) is 9.47 Å². The first kappa shape index (κ1) is 19.8. The van der Waals surface area contributed by atoms with Gasteiger partial charge in [0.25, 0.3) is 0 Å². The Kier molecular flexibility index (Phi) is 3.89. The second-order valence-corrected chi connectivity index (χ2v) is 10.4. The molecule has 5 aliphatic rings. The molecule has 33 heavy (non-hydrogen) atoms. The standard InChI is InChI=1S/C26H28N2O5/c1-2-32-24(30)17-9-16-11-26(31)19-10-15-5-6-18(29)22-20(15)25(26,23(33-22)21(16)27-12-17)7-8-28(19)13-14-3-4-14/h5-6,9,12,14,19,23,29,31H,2-4,7-8,10-11,13H2,1H3/t19-,23+,25+,26-/m1/s1. The first-order valence-electron chi connectivity index (χ1n) is 12.1. The Morgan fingerprint density at radius 3 is 2.97 bits per heavy atom. The summed E-state index contributed by atoms with van der Waals surface area (Å²) in [4.78, 5) is 19.6. The number of rotatable bonds is 4. The first-order valence-corrected chi connectivity index (χ1v) is 12.1. The van der Waals surface area contributed by atoms with Crippen molar-refractivity contribution in [1.29, 1.82) is 0 Å². The Morgan fingerprint density at radius 1 is 1.33 bits per heavy atom. The Balaban J connectivity index is 1.42. The number of carbonyl (C=O) groups is 1. The molecule has 2 fully saturated rings. The number of fused-ring (bicyclic) bond motifs is 2. The highest BCUT2D eigenvalue weighted by Gasteiger charge is 2.72. The maximum atomic E-state index is 12.6. The summed E-state index contributed by atoms with van der Waals surface area (Å²) in [7, 11) is 0. The van der Waals surface area contributed by atoms with Crippen LogP contribution < -0.4 is 4.74 Å². The van der Waals surface area contributed by atoms with Gasteiger partial charge >= 0.3 is 5.97 Å². The molecule has 1 aromatic heterocycles. The molecular formula is C26H28N2O5. The number of aliphatic hydroxyl groups is 1. The van der Waals surface area contributed by atoms with Crippen molar-refractivity contribution in [3.63, 3.8) is 0 Å². The van der Waals surface area contributed by atoms with E-state index in [1.54, 1.807) is 19.2 Å². The molecule has 0 radical (unpaired) electrons. The largest absolute Gasteiger partial charge is 0.504 e. The Morgan fingerprint density at radius 2 is 2.18 bits per heavy atom. The Hall–Kier alpha value is -2.64. The van der Waals surface area contributed by atoms with Crippen molar-refractivity contribution >= 4 is 5.97 Å². The van der Waals surface area contributed by atoms with Gasteiger partial charge in [-0.2, -0.15) is 0 Å².